The quantitative estimate of drug-likeness (QED) is 0.670. The summed E-state index contributed by atoms with van der Waals surface area (Å²) < 4.78 is 0. The zero-order valence-electron chi connectivity index (χ0n) is 12.6. The second-order valence-corrected chi connectivity index (χ2v) is 6.20. The molecule has 116 valence electrons. The first-order valence-electron chi connectivity index (χ1n) is 7.56. The lowest BCUT2D eigenvalue weighted by Crippen LogP contribution is -2.39. The molecule has 2 heterocycles. The van der Waals surface area contributed by atoms with Gasteiger partial charge in [-0.1, -0.05) is 6.92 Å². The first-order chi connectivity index (χ1) is 10.6. The SMILES string of the molecule is CC1(CNc2ccc([N+](=O)[O-])c3cccnc23)CCNCC1. The fraction of sp³-hybridized carbons (Fsp3) is 0.438. The van der Waals surface area contributed by atoms with Crippen LogP contribution >= 0.6 is 0 Å². The molecule has 1 fully saturated rings. The maximum absolute atomic E-state index is 11.1. The van der Waals surface area contributed by atoms with Crippen LogP contribution in [0.25, 0.3) is 10.9 Å². The second kappa shape index (κ2) is 5.88. The van der Waals surface area contributed by atoms with Gasteiger partial charge in [0.1, 0.15) is 5.52 Å². The van der Waals surface area contributed by atoms with E-state index in [9.17, 15) is 10.1 Å². The van der Waals surface area contributed by atoms with E-state index in [1.54, 1.807) is 30.5 Å². The van der Waals surface area contributed by atoms with E-state index >= 15 is 0 Å². The maximum atomic E-state index is 11.1. The highest BCUT2D eigenvalue weighted by Crippen LogP contribution is 2.32. The van der Waals surface area contributed by atoms with Crippen molar-refractivity contribution in [3.8, 4) is 0 Å². The lowest BCUT2D eigenvalue weighted by Gasteiger charge is -2.34. The van der Waals surface area contributed by atoms with Gasteiger partial charge in [-0.25, -0.2) is 0 Å². The van der Waals surface area contributed by atoms with Crippen LogP contribution in [0.3, 0.4) is 0 Å². The van der Waals surface area contributed by atoms with Gasteiger partial charge in [0.05, 0.1) is 16.0 Å². The topological polar surface area (TPSA) is 80.1 Å². The fourth-order valence-corrected chi connectivity index (χ4v) is 2.98. The first-order valence-corrected chi connectivity index (χ1v) is 7.56. The predicted octanol–water partition coefficient (Wildman–Crippen LogP) is 2.94. The number of anilines is 1. The number of hydrogen-bond acceptors (Lipinski definition) is 5. The number of piperidine rings is 1. The molecule has 2 aromatic rings. The molecule has 0 bridgehead atoms. The van der Waals surface area contributed by atoms with Crippen molar-refractivity contribution in [3.05, 3.63) is 40.6 Å². The van der Waals surface area contributed by atoms with Gasteiger partial charge in [0, 0.05) is 18.8 Å². The number of benzene rings is 1. The van der Waals surface area contributed by atoms with E-state index in [-0.39, 0.29) is 16.0 Å². The third-order valence-corrected chi connectivity index (χ3v) is 4.46. The van der Waals surface area contributed by atoms with Crippen molar-refractivity contribution in [1.82, 2.24) is 10.3 Å². The zero-order chi connectivity index (χ0) is 15.6. The van der Waals surface area contributed by atoms with Gasteiger partial charge in [-0.3, -0.25) is 15.1 Å². The molecule has 1 saturated heterocycles. The van der Waals surface area contributed by atoms with Gasteiger partial charge in [-0.15, -0.1) is 0 Å². The summed E-state index contributed by atoms with van der Waals surface area (Å²) in [6, 6.07) is 6.79. The Labute approximate surface area is 129 Å². The summed E-state index contributed by atoms with van der Waals surface area (Å²) in [6.45, 7) is 5.20. The molecule has 0 aliphatic carbocycles. The standard InChI is InChI=1S/C16H20N4O2/c1-16(6-9-17-10-7-16)11-19-13-4-5-14(20(21)22)12-3-2-8-18-15(12)13/h2-5,8,17,19H,6-7,9-11H2,1H3. The minimum Gasteiger partial charge on any atom is -0.383 e. The Balaban J connectivity index is 1.88. The molecule has 1 aliphatic rings. The van der Waals surface area contributed by atoms with Gasteiger partial charge in [0.15, 0.2) is 0 Å². The Morgan fingerprint density at radius 3 is 2.86 bits per heavy atom. The zero-order valence-corrected chi connectivity index (χ0v) is 12.6. The first kappa shape index (κ1) is 14.7. The van der Waals surface area contributed by atoms with E-state index in [1.165, 1.54) is 0 Å². The number of non-ortho nitro benzene ring substituents is 1. The normalized spacial score (nSPS) is 17.3. The Bertz CT molecular complexity index is 696. The largest absolute Gasteiger partial charge is 0.383 e. The molecule has 22 heavy (non-hydrogen) atoms. The summed E-state index contributed by atoms with van der Waals surface area (Å²) in [4.78, 5) is 15.1. The molecule has 6 heteroatoms. The van der Waals surface area contributed by atoms with Crippen molar-refractivity contribution in [3.63, 3.8) is 0 Å². The van der Waals surface area contributed by atoms with Crippen molar-refractivity contribution in [2.45, 2.75) is 19.8 Å². The van der Waals surface area contributed by atoms with Crippen molar-refractivity contribution in [2.75, 3.05) is 25.0 Å². The molecule has 1 aromatic heterocycles. The third-order valence-electron chi connectivity index (χ3n) is 4.46. The lowest BCUT2D eigenvalue weighted by atomic mass is 9.81. The maximum Gasteiger partial charge on any atom is 0.278 e. The van der Waals surface area contributed by atoms with E-state index in [1.807, 2.05) is 0 Å². The molecule has 0 unspecified atom stereocenters. The number of rotatable bonds is 4. The van der Waals surface area contributed by atoms with Crippen LogP contribution in [0.5, 0.6) is 0 Å². The molecule has 0 spiro atoms. The summed E-state index contributed by atoms with van der Waals surface area (Å²) in [5.41, 5.74) is 1.87. The van der Waals surface area contributed by atoms with Crippen LogP contribution in [-0.2, 0) is 0 Å². The van der Waals surface area contributed by atoms with E-state index in [0.717, 1.165) is 38.2 Å². The second-order valence-electron chi connectivity index (χ2n) is 6.20. The molecule has 0 atom stereocenters. The van der Waals surface area contributed by atoms with Crippen molar-refractivity contribution in [1.29, 1.82) is 0 Å². The fourth-order valence-electron chi connectivity index (χ4n) is 2.98. The third kappa shape index (κ3) is 2.87. The molecule has 0 saturated carbocycles. The molecule has 2 N–H and O–H groups in total. The van der Waals surface area contributed by atoms with Gasteiger partial charge >= 0.3 is 0 Å². The van der Waals surface area contributed by atoms with Crippen molar-refractivity contribution < 1.29 is 4.92 Å². The highest BCUT2D eigenvalue weighted by Gasteiger charge is 2.26. The molecule has 3 rings (SSSR count). The van der Waals surface area contributed by atoms with Crippen LogP contribution < -0.4 is 10.6 Å². The number of nitro groups is 1. The molecule has 0 amide bonds. The van der Waals surface area contributed by atoms with E-state index in [0.29, 0.717) is 10.9 Å². The number of nitrogens with one attached hydrogen (secondary N) is 2. The molecule has 6 nitrogen and oxygen atoms in total. The number of fused-ring (bicyclic) bond motifs is 1. The monoisotopic (exact) mass is 300 g/mol. The number of hydrogen-bond donors (Lipinski definition) is 2. The van der Waals surface area contributed by atoms with Gasteiger partial charge in [-0.05, 0) is 49.5 Å². The predicted molar refractivity (Wildman–Crippen MR) is 87.1 cm³/mol. The van der Waals surface area contributed by atoms with Crippen molar-refractivity contribution >= 4 is 22.3 Å². The minimum absolute atomic E-state index is 0.0988. The van der Waals surface area contributed by atoms with Gasteiger partial charge in [-0.2, -0.15) is 0 Å². The summed E-state index contributed by atoms with van der Waals surface area (Å²) in [5, 5.41) is 18.5. The summed E-state index contributed by atoms with van der Waals surface area (Å²) >= 11 is 0. The van der Waals surface area contributed by atoms with Gasteiger partial charge in [0.25, 0.3) is 5.69 Å². The Hall–Kier alpha value is -2.21. The average molecular weight is 300 g/mol. The van der Waals surface area contributed by atoms with Crippen LogP contribution in [0.4, 0.5) is 11.4 Å². The molecular formula is C16H20N4O2. The lowest BCUT2D eigenvalue weighted by molar-refractivity contribution is -0.383. The van der Waals surface area contributed by atoms with Crippen LogP contribution in [0.15, 0.2) is 30.5 Å². The Kier molecular flexibility index (Phi) is 3.94. The van der Waals surface area contributed by atoms with E-state index in [2.05, 4.69) is 22.5 Å². The number of pyridine rings is 1. The van der Waals surface area contributed by atoms with E-state index < -0.39 is 0 Å². The van der Waals surface area contributed by atoms with E-state index in [4.69, 9.17) is 0 Å². The molecule has 1 aliphatic heterocycles. The molecule has 0 radical (unpaired) electrons. The van der Waals surface area contributed by atoms with Crippen LogP contribution in [0.2, 0.25) is 0 Å². The summed E-state index contributed by atoms with van der Waals surface area (Å²) in [6.07, 6.45) is 3.92. The molecular weight excluding hydrogens is 280 g/mol. The van der Waals surface area contributed by atoms with Crippen molar-refractivity contribution in [2.24, 2.45) is 5.41 Å². The smallest absolute Gasteiger partial charge is 0.278 e. The van der Waals surface area contributed by atoms with Crippen LogP contribution in [-0.4, -0.2) is 29.5 Å². The van der Waals surface area contributed by atoms with Gasteiger partial charge in [0.2, 0.25) is 0 Å². The highest BCUT2D eigenvalue weighted by atomic mass is 16.6. The average Bonchev–Trinajstić information content (AvgIpc) is 2.53. The summed E-state index contributed by atoms with van der Waals surface area (Å²) in [7, 11) is 0. The highest BCUT2D eigenvalue weighted by molar-refractivity contribution is 5.96. The number of nitro benzene ring substituents is 1. The number of aromatic nitrogens is 1. The Morgan fingerprint density at radius 1 is 1.36 bits per heavy atom. The van der Waals surface area contributed by atoms with Gasteiger partial charge < -0.3 is 10.6 Å². The Morgan fingerprint density at radius 2 is 2.14 bits per heavy atom. The summed E-state index contributed by atoms with van der Waals surface area (Å²) in [5.74, 6) is 0. The number of nitrogens with zero attached hydrogens (tertiary/aromatic N) is 2. The molecule has 1 aromatic carbocycles. The van der Waals surface area contributed by atoms with Crippen LogP contribution in [0, 0.1) is 15.5 Å². The van der Waals surface area contributed by atoms with Crippen LogP contribution in [0.1, 0.15) is 19.8 Å². The minimum atomic E-state index is -0.359.